The Labute approximate surface area is 96.3 Å². The molecule has 0 aromatic carbocycles. The van der Waals surface area contributed by atoms with E-state index in [1.807, 2.05) is 0 Å². The molecule has 4 nitrogen and oxygen atoms in total. The summed E-state index contributed by atoms with van der Waals surface area (Å²) < 4.78 is 5.03. The molecule has 0 aromatic heterocycles. The van der Waals surface area contributed by atoms with Crippen LogP contribution in [0.25, 0.3) is 0 Å². The highest BCUT2D eigenvalue weighted by atomic mass is 16.5. The van der Waals surface area contributed by atoms with Gasteiger partial charge in [-0.05, 0) is 6.42 Å². The van der Waals surface area contributed by atoms with E-state index in [-0.39, 0.29) is 11.8 Å². The van der Waals surface area contributed by atoms with Crippen LogP contribution < -0.4 is 5.32 Å². The van der Waals surface area contributed by atoms with Gasteiger partial charge in [-0.15, -0.1) is 0 Å². The SMILES string of the molecule is CCCCCC1CC(=O)NC(OC)=C1C#N. The molecule has 4 heteroatoms. The van der Waals surface area contributed by atoms with Crippen molar-refractivity contribution < 1.29 is 9.53 Å². The average molecular weight is 222 g/mol. The molecule has 1 unspecified atom stereocenters. The molecule has 0 fully saturated rings. The fourth-order valence-electron chi connectivity index (χ4n) is 1.95. The van der Waals surface area contributed by atoms with Gasteiger partial charge in [0.2, 0.25) is 11.8 Å². The number of nitriles is 1. The highest BCUT2D eigenvalue weighted by Gasteiger charge is 2.28. The van der Waals surface area contributed by atoms with Crippen LogP contribution in [-0.2, 0) is 9.53 Å². The first-order valence-electron chi connectivity index (χ1n) is 5.71. The Balaban J connectivity index is 2.73. The second-order valence-corrected chi connectivity index (χ2v) is 4.00. The molecule has 1 atom stereocenters. The van der Waals surface area contributed by atoms with Crippen molar-refractivity contribution in [3.63, 3.8) is 0 Å². The number of hydrogen-bond acceptors (Lipinski definition) is 3. The van der Waals surface area contributed by atoms with Crippen LogP contribution in [0.2, 0.25) is 0 Å². The third kappa shape index (κ3) is 2.99. The van der Waals surface area contributed by atoms with Crippen LogP contribution in [0.3, 0.4) is 0 Å². The summed E-state index contributed by atoms with van der Waals surface area (Å²) in [5, 5.41) is 11.6. The Kier molecular flexibility index (Phi) is 4.84. The summed E-state index contributed by atoms with van der Waals surface area (Å²) in [6, 6.07) is 2.14. The molecular formula is C12H18N2O2. The maximum Gasteiger partial charge on any atom is 0.227 e. The van der Waals surface area contributed by atoms with Crippen molar-refractivity contribution >= 4 is 5.91 Å². The highest BCUT2D eigenvalue weighted by molar-refractivity contribution is 5.80. The predicted molar refractivity (Wildman–Crippen MR) is 60.0 cm³/mol. The summed E-state index contributed by atoms with van der Waals surface area (Å²) in [6.07, 6.45) is 4.62. The molecular weight excluding hydrogens is 204 g/mol. The van der Waals surface area contributed by atoms with Crippen molar-refractivity contribution in [3.05, 3.63) is 11.5 Å². The molecule has 1 amide bonds. The number of carbonyl (C=O) groups excluding carboxylic acids is 1. The fourth-order valence-corrected chi connectivity index (χ4v) is 1.95. The van der Waals surface area contributed by atoms with Gasteiger partial charge >= 0.3 is 0 Å². The number of allylic oxidation sites excluding steroid dienone is 1. The molecule has 1 N–H and O–H groups in total. The van der Waals surface area contributed by atoms with Crippen LogP contribution in [0, 0.1) is 17.2 Å². The Morgan fingerprint density at radius 3 is 2.88 bits per heavy atom. The summed E-state index contributed by atoms with van der Waals surface area (Å²) in [5.41, 5.74) is 0.582. The smallest absolute Gasteiger partial charge is 0.227 e. The first-order valence-corrected chi connectivity index (χ1v) is 5.71. The number of nitrogens with one attached hydrogen (secondary N) is 1. The second-order valence-electron chi connectivity index (χ2n) is 4.00. The zero-order chi connectivity index (χ0) is 12.0. The van der Waals surface area contributed by atoms with E-state index >= 15 is 0 Å². The van der Waals surface area contributed by atoms with E-state index < -0.39 is 0 Å². The third-order valence-electron chi connectivity index (χ3n) is 2.82. The molecule has 1 heterocycles. The van der Waals surface area contributed by atoms with E-state index in [2.05, 4.69) is 18.3 Å². The molecule has 0 aliphatic carbocycles. The van der Waals surface area contributed by atoms with E-state index in [1.54, 1.807) is 0 Å². The summed E-state index contributed by atoms with van der Waals surface area (Å²) >= 11 is 0. The minimum Gasteiger partial charge on any atom is -0.482 e. The largest absolute Gasteiger partial charge is 0.482 e. The summed E-state index contributed by atoms with van der Waals surface area (Å²) in [6.45, 7) is 2.13. The fraction of sp³-hybridized carbons (Fsp3) is 0.667. The van der Waals surface area contributed by atoms with Crippen LogP contribution in [0.5, 0.6) is 0 Å². The topological polar surface area (TPSA) is 62.1 Å². The molecule has 0 radical (unpaired) electrons. The van der Waals surface area contributed by atoms with E-state index in [0.29, 0.717) is 17.9 Å². The van der Waals surface area contributed by atoms with Crippen LogP contribution in [0.4, 0.5) is 0 Å². The Morgan fingerprint density at radius 2 is 2.31 bits per heavy atom. The number of hydrogen-bond donors (Lipinski definition) is 1. The lowest BCUT2D eigenvalue weighted by Crippen LogP contribution is -2.33. The lowest BCUT2D eigenvalue weighted by atomic mass is 9.88. The highest BCUT2D eigenvalue weighted by Crippen LogP contribution is 2.27. The van der Waals surface area contributed by atoms with Gasteiger partial charge in [-0.25, -0.2) is 0 Å². The average Bonchev–Trinajstić information content (AvgIpc) is 2.28. The van der Waals surface area contributed by atoms with Crippen molar-refractivity contribution in [2.24, 2.45) is 5.92 Å². The number of methoxy groups -OCH3 is 1. The van der Waals surface area contributed by atoms with Gasteiger partial charge < -0.3 is 4.74 Å². The monoisotopic (exact) mass is 222 g/mol. The number of unbranched alkanes of at least 4 members (excludes halogenated alkanes) is 2. The van der Waals surface area contributed by atoms with Crippen molar-refractivity contribution in [1.29, 1.82) is 5.26 Å². The normalized spacial score (nSPS) is 20.3. The van der Waals surface area contributed by atoms with E-state index in [9.17, 15) is 4.79 Å². The Hall–Kier alpha value is -1.50. The van der Waals surface area contributed by atoms with Crippen LogP contribution in [0.15, 0.2) is 11.5 Å². The molecule has 0 saturated heterocycles. The van der Waals surface area contributed by atoms with Gasteiger partial charge in [0.25, 0.3) is 0 Å². The molecule has 0 aromatic rings. The van der Waals surface area contributed by atoms with Gasteiger partial charge in [-0.1, -0.05) is 26.2 Å². The Bertz CT molecular complexity index is 328. The molecule has 1 aliphatic heterocycles. The lowest BCUT2D eigenvalue weighted by Gasteiger charge is -2.23. The van der Waals surface area contributed by atoms with Gasteiger partial charge in [0, 0.05) is 12.3 Å². The molecule has 0 bridgehead atoms. The van der Waals surface area contributed by atoms with Crippen LogP contribution in [0.1, 0.15) is 39.0 Å². The maximum atomic E-state index is 11.4. The number of nitrogens with zero attached hydrogens (tertiary/aromatic N) is 1. The molecule has 88 valence electrons. The summed E-state index contributed by atoms with van der Waals surface area (Å²) in [5.74, 6) is 0.304. The van der Waals surface area contributed by atoms with Gasteiger partial charge in [0.15, 0.2) is 0 Å². The minimum atomic E-state index is -0.0580. The van der Waals surface area contributed by atoms with E-state index in [1.165, 1.54) is 7.11 Å². The number of ether oxygens (including phenoxy) is 1. The first kappa shape index (κ1) is 12.6. The van der Waals surface area contributed by atoms with Crippen LogP contribution >= 0.6 is 0 Å². The van der Waals surface area contributed by atoms with Crippen molar-refractivity contribution in [2.45, 2.75) is 39.0 Å². The quantitative estimate of drug-likeness (QED) is 0.724. The molecule has 16 heavy (non-hydrogen) atoms. The van der Waals surface area contributed by atoms with Gasteiger partial charge in [-0.3, -0.25) is 10.1 Å². The molecule has 0 saturated carbocycles. The van der Waals surface area contributed by atoms with Crippen molar-refractivity contribution in [1.82, 2.24) is 5.32 Å². The maximum absolute atomic E-state index is 11.4. The summed E-state index contributed by atoms with van der Waals surface area (Å²) in [7, 11) is 1.47. The standard InChI is InChI=1S/C12H18N2O2/c1-3-4-5-6-9-7-11(15)14-12(16-2)10(9)8-13/h9H,3-7H2,1-2H3,(H,14,15). The minimum absolute atomic E-state index is 0.0280. The van der Waals surface area contributed by atoms with Gasteiger partial charge in [-0.2, -0.15) is 5.26 Å². The van der Waals surface area contributed by atoms with Crippen molar-refractivity contribution in [3.8, 4) is 6.07 Å². The van der Waals surface area contributed by atoms with Gasteiger partial charge in [0.1, 0.15) is 6.07 Å². The molecule has 0 spiro atoms. The predicted octanol–water partition coefficient (Wildman–Crippen LogP) is 2.08. The Morgan fingerprint density at radius 1 is 1.56 bits per heavy atom. The molecule has 1 rings (SSSR count). The zero-order valence-electron chi connectivity index (χ0n) is 9.88. The first-order chi connectivity index (χ1) is 7.72. The van der Waals surface area contributed by atoms with Gasteiger partial charge in [0.05, 0.1) is 12.7 Å². The number of carbonyl (C=O) groups is 1. The number of amides is 1. The third-order valence-corrected chi connectivity index (χ3v) is 2.82. The van der Waals surface area contributed by atoms with E-state index in [0.717, 1.165) is 25.7 Å². The number of rotatable bonds is 5. The molecule has 1 aliphatic rings. The van der Waals surface area contributed by atoms with Crippen LogP contribution in [-0.4, -0.2) is 13.0 Å². The van der Waals surface area contributed by atoms with E-state index in [4.69, 9.17) is 10.00 Å². The second kappa shape index (κ2) is 6.16. The zero-order valence-corrected chi connectivity index (χ0v) is 9.88. The van der Waals surface area contributed by atoms with Crippen molar-refractivity contribution in [2.75, 3.05) is 7.11 Å². The summed E-state index contributed by atoms with van der Waals surface area (Å²) in [4.78, 5) is 11.4. The lowest BCUT2D eigenvalue weighted by molar-refractivity contribution is -0.122.